The summed E-state index contributed by atoms with van der Waals surface area (Å²) in [6, 6.07) is 3.45. The number of nitrogen functional groups attached to an aromatic ring is 1. The SMILES string of the molecule is CCC(C)CSCc1ccc(C(=O)NN)o1. The Bertz CT molecular complexity index is 338. The van der Waals surface area contributed by atoms with Crippen LogP contribution >= 0.6 is 11.8 Å². The van der Waals surface area contributed by atoms with E-state index in [4.69, 9.17) is 10.3 Å². The predicted octanol–water partition coefficient (Wildman–Crippen LogP) is 2.16. The van der Waals surface area contributed by atoms with E-state index < -0.39 is 5.91 Å². The van der Waals surface area contributed by atoms with E-state index >= 15 is 0 Å². The number of carbonyl (C=O) groups is 1. The maximum absolute atomic E-state index is 11.1. The van der Waals surface area contributed by atoms with E-state index in [1.165, 1.54) is 6.42 Å². The molecule has 1 aromatic rings. The van der Waals surface area contributed by atoms with Crippen LogP contribution in [0, 0.1) is 5.92 Å². The molecule has 0 bridgehead atoms. The minimum Gasteiger partial charge on any atom is -0.455 e. The molecule has 0 aromatic carbocycles. The van der Waals surface area contributed by atoms with Gasteiger partial charge < -0.3 is 4.42 Å². The third kappa shape index (κ3) is 3.90. The fourth-order valence-electron chi connectivity index (χ4n) is 1.13. The van der Waals surface area contributed by atoms with Crippen molar-refractivity contribution in [3.8, 4) is 0 Å². The van der Waals surface area contributed by atoms with Gasteiger partial charge in [-0.3, -0.25) is 10.2 Å². The molecule has 90 valence electrons. The first-order valence-corrected chi connectivity index (χ1v) is 6.50. The van der Waals surface area contributed by atoms with Crippen LogP contribution in [0.5, 0.6) is 0 Å². The van der Waals surface area contributed by atoms with Crippen molar-refractivity contribution in [2.75, 3.05) is 5.75 Å². The van der Waals surface area contributed by atoms with Crippen molar-refractivity contribution in [3.63, 3.8) is 0 Å². The lowest BCUT2D eigenvalue weighted by Gasteiger charge is -2.05. The van der Waals surface area contributed by atoms with Gasteiger partial charge in [-0.2, -0.15) is 11.8 Å². The molecule has 1 amide bonds. The molecule has 0 aliphatic heterocycles. The molecule has 0 aliphatic rings. The van der Waals surface area contributed by atoms with Crippen LogP contribution in [0.1, 0.15) is 36.6 Å². The smallest absolute Gasteiger partial charge is 0.300 e. The molecule has 1 unspecified atom stereocenters. The highest BCUT2D eigenvalue weighted by Gasteiger charge is 2.09. The van der Waals surface area contributed by atoms with E-state index in [0.717, 1.165) is 17.3 Å². The molecular weight excluding hydrogens is 224 g/mol. The van der Waals surface area contributed by atoms with Crippen molar-refractivity contribution in [2.24, 2.45) is 11.8 Å². The van der Waals surface area contributed by atoms with Gasteiger partial charge in [0.1, 0.15) is 5.76 Å². The average molecular weight is 242 g/mol. The number of thioether (sulfide) groups is 1. The van der Waals surface area contributed by atoms with Crippen LogP contribution in [0.25, 0.3) is 0 Å². The molecule has 0 saturated heterocycles. The van der Waals surface area contributed by atoms with Crippen LogP contribution in [0.3, 0.4) is 0 Å². The maximum atomic E-state index is 11.1. The number of furan rings is 1. The van der Waals surface area contributed by atoms with Gasteiger partial charge in [0.25, 0.3) is 0 Å². The van der Waals surface area contributed by atoms with Gasteiger partial charge in [-0.15, -0.1) is 0 Å². The molecule has 5 heteroatoms. The van der Waals surface area contributed by atoms with Gasteiger partial charge in [-0.05, 0) is 23.8 Å². The zero-order valence-electron chi connectivity index (χ0n) is 9.66. The van der Waals surface area contributed by atoms with Crippen LogP contribution in [0.4, 0.5) is 0 Å². The van der Waals surface area contributed by atoms with Crippen LogP contribution in [0.2, 0.25) is 0 Å². The summed E-state index contributed by atoms with van der Waals surface area (Å²) in [7, 11) is 0. The number of amides is 1. The molecule has 0 radical (unpaired) electrons. The Labute approximate surface area is 99.9 Å². The number of nitrogens with one attached hydrogen (secondary N) is 1. The average Bonchev–Trinajstić information content (AvgIpc) is 2.76. The van der Waals surface area contributed by atoms with Gasteiger partial charge >= 0.3 is 5.91 Å². The largest absolute Gasteiger partial charge is 0.455 e. The molecule has 1 aromatic heterocycles. The zero-order chi connectivity index (χ0) is 12.0. The van der Waals surface area contributed by atoms with E-state index in [9.17, 15) is 4.79 Å². The second-order valence-electron chi connectivity index (χ2n) is 3.77. The number of nitrogens with two attached hydrogens (primary N) is 1. The summed E-state index contributed by atoms with van der Waals surface area (Å²) in [6.45, 7) is 4.41. The summed E-state index contributed by atoms with van der Waals surface area (Å²) < 4.78 is 5.34. The van der Waals surface area contributed by atoms with Crippen molar-refractivity contribution in [1.82, 2.24) is 5.43 Å². The Morgan fingerprint density at radius 2 is 2.38 bits per heavy atom. The lowest BCUT2D eigenvalue weighted by molar-refractivity contribution is 0.0924. The van der Waals surface area contributed by atoms with Crippen LogP contribution < -0.4 is 11.3 Å². The zero-order valence-corrected chi connectivity index (χ0v) is 10.5. The van der Waals surface area contributed by atoms with E-state index in [0.29, 0.717) is 5.92 Å². The van der Waals surface area contributed by atoms with Gasteiger partial charge in [-0.1, -0.05) is 20.3 Å². The molecule has 1 rings (SSSR count). The lowest BCUT2D eigenvalue weighted by atomic mass is 10.2. The summed E-state index contributed by atoms with van der Waals surface area (Å²) in [5.74, 6) is 8.31. The third-order valence-corrected chi connectivity index (χ3v) is 3.65. The number of rotatable bonds is 6. The van der Waals surface area contributed by atoms with E-state index in [1.807, 2.05) is 23.3 Å². The molecule has 0 spiro atoms. The molecule has 1 heterocycles. The predicted molar refractivity (Wildman–Crippen MR) is 66.0 cm³/mol. The van der Waals surface area contributed by atoms with Crippen LogP contribution in [-0.4, -0.2) is 11.7 Å². The van der Waals surface area contributed by atoms with Gasteiger partial charge in [0.05, 0.1) is 5.75 Å². The van der Waals surface area contributed by atoms with E-state index in [1.54, 1.807) is 6.07 Å². The number of carbonyl (C=O) groups excluding carboxylic acids is 1. The molecule has 3 N–H and O–H groups in total. The van der Waals surface area contributed by atoms with E-state index in [-0.39, 0.29) is 5.76 Å². The summed E-state index contributed by atoms with van der Waals surface area (Å²) in [6.07, 6.45) is 1.19. The molecule has 0 saturated carbocycles. The molecular formula is C11H18N2O2S. The van der Waals surface area contributed by atoms with E-state index in [2.05, 4.69) is 13.8 Å². The fourth-order valence-corrected chi connectivity index (χ4v) is 2.24. The summed E-state index contributed by atoms with van der Waals surface area (Å²) in [5.41, 5.74) is 2.04. The first-order valence-electron chi connectivity index (χ1n) is 5.34. The summed E-state index contributed by atoms with van der Waals surface area (Å²) in [4.78, 5) is 11.1. The normalized spacial score (nSPS) is 12.4. The Balaban J connectivity index is 2.38. The van der Waals surface area contributed by atoms with Crippen molar-refractivity contribution in [1.29, 1.82) is 0 Å². The molecule has 0 fully saturated rings. The highest BCUT2D eigenvalue weighted by molar-refractivity contribution is 7.98. The first kappa shape index (κ1) is 13.1. The number of hydrogen-bond donors (Lipinski definition) is 2. The Morgan fingerprint density at radius 1 is 1.62 bits per heavy atom. The second kappa shape index (κ2) is 6.60. The summed E-state index contributed by atoms with van der Waals surface area (Å²) in [5, 5.41) is 0. The monoisotopic (exact) mass is 242 g/mol. The molecule has 1 atom stereocenters. The lowest BCUT2D eigenvalue weighted by Crippen LogP contribution is -2.29. The maximum Gasteiger partial charge on any atom is 0.300 e. The highest BCUT2D eigenvalue weighted by Crippen LogP contribution is 2.18. The van der Waals surface area contributed by atoms with Crippen molar-refractivity contribution in [3.05, 3.63) is 23.7 Å². The number of hydrogen-bond acceptors (Lipinski definition) is 4. The van der Waals surface area contributed by atoms with Crippen molar-refractivity contribution >= 4 is 17.7 Å². The Kier molecular flexibility index (Phi) is 5.42. The topological polar surface area (TPSA) is 68.3 Å². The van der Waals surface area contributed by atoms with Crippen molar-refractivity contribution < 1.29 is 9.21 Å². The van der Waals surface area contributed by atoms with Gasteiger partial charge in [0.2, 0.25) is 0 Å². The molecule has 16 heavy (non-hydrogen) atoms. The quantitative estimate of drug-likeness (QED) is 0.456. The minimum atomic E-state index is -0.391. The first-order chi connectivity index (χ1) is 7.67. The van der Waals surface area contributed by atoms with Gasteiger partial charge in [0, 0.05) is 0 Å². The highest BCUT2D eigenvalue weighted by atomic mass is 32.2. The Hall–Kier alpha value is -0.940. The third-order valence-electron chi connectivity index (χ3n) is 2.36. The standard InChI is InChI=1S/C11H18N2O2S/c1-3-8(2)6-16-7-9-4-5-10(15-9)11(14)13-12/h4-5,8H,3,6-7,12H2,1-2H3,(H,13,14). The van der Waals surface area contributed by atoms with Crippen molar-refractivity contribution in [2.45, 2.75) is 26.0 Å². The molecule has 0 aliphatic carbocycles. The fraction of sp³-hybridized carbons (Fsp3) is 0.545. The second-order valence-corrected chi connectivity index (χ2v) is 4.80. The molecule has 4 nitrogen and oxygen atoms in total. The minimum absolute atomic E-state index is 0.265. The Morgan fingerprint density at radius 3 is 3.00 bits per heavy atom. The number of hydrazine groups is 1. The summed E-state index contributed by atoms with van der Waals surface area (Å²) >= 11 is 1.81. The van der Waals surface area contributed by atoms with Gasteiger partial charge in [-0.25, -0.2) is 5.84 Å². The van der Waals surface area contributed by atoms with Gasteiger partial charge in [0.15, 0.2) is 5.76 Å². The van der Waals surface area contributed by atoms with Crippen LogP contribution in [0.15, 0.2) is 16.5 Å². The van der Waals surface area contributed by atoms with Crippen LogP contribution in [-0.2, 0) is 5.75 Å².